The summed E-state index contributed by atoms with van der Waals surface area (Å²) < 4.78 is 16.2. The Morgan fingerprint density at radius 2 is 1.58 bits per heavy atom. The van der Waals surface area contributed by atoms with Crippen molar-refractivity contribution in [3.05, 3.63) is 48.5 Å². The van der Waals surface area contributed by atoms with Crippen LogP contribution in [0.4, 0.5) is 5.69 Å². The normalized spacial score (nSPS) is 9.77. The predicted molar refractivity (Wildman–Crippen MR) is 105 cm³/mol. The van der Waals surface area contributed by atoms with Crippen LogP contribution in [0.25, 0.3) is 0 Å². The standard InChI is InChI=1S/C19H23NO4.C2H6/c1-14(2)12-23-17-5-4-6-18(11-17)24-13-19(21)20-15-7-9-16(22-3)10-8-15;1-2/h4-11,14H,12-13H2,1-3H3,(H,20,21);1-2H3. The van der Waals surface area contributed by atoms with Crippen molar-refractivity contribution < 1.29 is 19.0 Å². The highest BCUT2D eigenvalue weighted by atomic mass is 16.5. The molecule has 0 aliphatic carbocycles. The molecule has 5 nitrogen and oxygen atoms in total. The summed E-state index contributed by atoms with van der Waals surface area (Å²) >= 11 is 0. The van der Waals surface area contributed by atoms with E-state index < -0.39 is 0 Å². The van der Waals surface area contributed by atoms with Crippen molar-refractivity contribution in [2.75, 3.05) is 25.6 Å². The van der Waals surface area contributed by atoms with Gasteiger partial charge in [-0.1, -0.05) is 33.8 Å². The molecule has 2 rings (SSSR count). The molecular weight excluding hydrogens is 330 g/mol. The molecule has 0 fully saturated rings. The molecule has 1 N–H and O–H groups in total. The summed E-state index contributed by atoms with van der Waals surface area (Å²) in [5.41, 5.74) is 0.693. The topological polar surface area (TPSA) is 56.8 Å². The first-order chi connectivity index (χ1) is 12.6. The van der Waals surface area contributed by atoms with Gasteiger partial charge < -0.3 is 19.5 Å². The van der Waals surface area contributed by atoms with Gasteiger partial charge in [-0.25, -0.2) is 0 Å². The summed E-state index contributed by atoms with van der Waals surface area (Å²) in [5.74, 6) is 2.29. The Hall–Kier alpha value is -2.69. The summed E-state index contributed by atoms with van der Waals surface area (Å²) in [6.07, 6.45) is 0. The van der Waals surface area contributed by atoms with Crippen LogP contribution in [0.1, 0.15) is 27.7 Å². The van der Waals surface area contributed by atoms with Gasteiger partial charge in [0.2, 0.25) is 0 Å². The number of nitrogens with one attached hydrogen (secondary N) is 1. The number of benzene rings is 2. The molecule has 0 heterocycles. The minimum absolute atomic E-state index is 0.0698. The first kappa shape index (κ1) is 21.4. The monoisotopic (exact) mass is 359 g/mol. The van der Waals surface area contributed by atoms with Crippen LogP contribution in [0.3, 0.4) is 0 Å². The van der Waals surface area contributed by atoms with Gasteiger partial charge in [-0.2, -0.15) is 0 Å². The number of methoxy groups -OCH3 is 1. The number of hydrogen-bond donors (Lipinski definition) is 1. The van der Waals surface area contributed by atoms with Crippen LogP contribution >= 0.6 is 0 Å². The van der Waals surface area contributed by atoms with Crippen molar-refractivity contribution in [3.8, 4) is 17.2 Å². The molecule has 0 saturated heterocycles. The highest BCUT2D eigenvalue weighted by Crippen LogP contribution is 2.20. The molecule has 5 heteroatoms. The minimum atomic E-state index is -0.228. The first-order valence-corrected chi connectivity index (χ1v) is 8.86. The van der Waals surface area contributed by atoms with E-state index >= 15 is 0 Å². The lowest BCUT2D eigenvalue weighted by Crippen LogP contribution is -2.20. The van der Waals surface area contributed by atoms with Gasteiger partial charge in [-0.05, 0) is 42.3 Å². The van der Waals surface area contributed by atoms with Gasteiger partial charge in [0, 0.05) is 11.8 Å². The Balaban J connectivity index is 0.00000163. The predicted octanol–water partition coefficient (Wildman–Crippen LogP) is 4.77. The van der Waals surface area contributed by atoms with Gasteiger partial charge in [-0.3, -0.25) is 4.79 Å². The lowest BCUT2D eigenvalue weighted by atomic mass is 10.2. The molecule has 0 atom stereocenters. The second-order valence-electron chi connectivity index (χ2n) is 5.75. The quantitative estimate of drug-likeness (QED) is 0.737. The molecular formula is C21H29NO4. The summed E-state index contributed by atoms with van der Waals surface area (Å²) in [5, 5.41) is 2.77. The van der Waals surface area contributed by atoms with Crippen molar-refractivity contribution in [3.63, 3.8) is 0 Å². The van der Waals surface area contributed by atoms with Crippen LogP contribution in [-0.4, -0.2) is 26.2 Å². The lowest BCUT2D eigenvalue weighted by Gasteiger charge is -2.11. The van der Waals surface area contributed by atoms with Crippen LogP contribution in [0.2, 0.25) is 0 Å². The van der Waals surface area contributed by atoms with E-state index in [1.807, 2.05) is 26.0 Å². The van der Waals surface area contributed by atoms with E-state index in [-0.39, 0.29) is 12.5 Å². The Kier molecular flexibility index (Phi) is 9.69. The van der Waals surface area contributed by atoms with Gasteiger partial charge >= 0.3 is 0 Å². The van der Waals surface area contributed by atoms with Crippen LogP contribution in [0.15, 0.2) is 48.5 Å². The molecule has 2 aromatic rings. The van der Waals surface area contributed by atoms with Gasteiger partial charge in [0.25, 0.3) is 5.91 Å². The van der Waals surface area contributed by atoms with Crippen LogP contribution < -0.4 is 19.5 Å². The summed E-state index contributed by atoms with van der Waals surface area (Å²) in [6, 6.07) is 14.4. The summed E-state index contributed by atoms with van der Waals surface area (Å²) in [6.45, 7) is 8.74. The van der Waals surface area contributed by atoms with Crippen LogP contribution in [0.5, 0.6) is 17.2 Å². The second kappa shape index (κ2) is 11.8. The third-order valence-corrected chi connectivity index (χ3v) is 3.13. The molecule has 0 unspecified atom stereocenters. The molecule has 0 spiro atoms. The third-order valence-electron chi connectivity index (χ3n) is 3.13. The smallest absolute Gasteiger partial charge is 0.262 e. The fourth-order valence-corrected chi connectivity index (χ4v) is 1.94. The number of hydrogen-bond acceptors (Lipinski definition) is 4. The zero-order valence-corrected chi connectivity index (χ0v) is 16.2. The van der Waals surface area contributed by atoms with E-state index in [0.717, 1.165) is 11.5 Å². The Labute approximate surface area is 156 Å². The number of ether oxygens (including phenoxy) is 3. The minimum Gasteiger partial charge on any atom is -0.497 e. The fraction of sp³-hybridized carbons (Fsp3) is 0.381. The largest absolute Gasteiger partial charge is 0.497 e. The van der Waals surface area contributed by atoms with Gasteiger partial charge in [0.15, 0.2) is 6.61 Å². The number of rotatable bonds is 8. The second-order valence-corrected chi connectivity index (χ2v) is 5.75. The van der Waals surface area contributed by atoms with E-state index in [0.29, 0.717) is 24.0 Å². The molecule has 0 aromatic heterocycles. The molecule has 0 aliphatic heterocycles. The molecule has 0 bridgehead atoms. The average Bonchev–Trinajstić information content (AvgIpc) is 2.67. The Bertz CT molecular complexity index is 653. The van der Waals surface area contributed by atoms with Gasteiger partial charge in [-0.15, -0.1) is 0 Å². The van der Waals surface area contributed by atoms with Crippen LogP contribution in [-0.2, 0) is 4.79 Å². The van der Waals surface area contributed by atoms with Crippen LogP contribution in [0, 0.1) is 5.92 Å². The number of anilines is 1. The van der Waals surface area contributed by atoms with E-state index in [4.69, 9.17) is 14.2 Å². The SMILES string of the molecule is CC.COc1ccc(NC(=O)COc2cccc(OCC(C)C)c2)cc1. The molecule has 2 aromatic carbocycles. The Morgan fingerprint density at radius 1 is 0.962 bits per heavy atom. The fourth-order valence-electron chi connectivity index (χ4n) is 1.94. The van der Waals surface area contributed by atoms with Crippen molar-refractivity contribution in [1.82, 2.24) is 0 Å². The maximum atomic E-state index is 11.9. The molecule has 0 saturated carbocycles. The molecule has 1 amide bonds. The van der Waals surface area contributed by atoms with E-state index in [9.17, 15) is 4.79 Å². The maximum Gasteiger partial charge on any atom is 0.262 e. The highest BCUT2D eigenvalue weighted by Gasteiger charge is 2.05. The Morgan fingerprint density at radius 3 is 2.15 bits per heavy atom. The summed E-state index contributed by atoms with van der Waals surface area (Å²) in [4.78, 5) is 11.9. The highest BCUT2D eigenvalue weighted by molar-refractivity contribution is 5.91. The molecule has 142 valence electrons. The number of carbonyl (C=O) groups excluding carboxylic acids is 1. The zero-order chi connectivity index (χ0) is 19.4. The van der Waals surface area contributed by atoms with E-state index in [1.54, 1.807) is 43.5 Å². The van der Waals surface area contributed by atoms with Gasteiger partial charge in [0.05, 0.1) is 13.7 Å². The molecule has 0 aliphatic rings. The maximum absolute atomic E-state index is 11.9. The first-order valence-electron chi connectivity index (χ1n) is 8.86. The van der Waals surface area contributed by atoms with Gasteiger partial charge in [0.1, 0.15) is 17.2 Å². The van der Waals surface area contributed by atoms with Crippen molar-refractivity contribution in [2.45, 2.75) is 27.7 Å². The molecule has 0 radical (unpaired) electrons. The molecule has 26 heavy (non-hydrogen) atoms. The van der Waals surface area contributed by atoms with Crippen molar-refractivity contribution >= 4 is 11.6 Å². The number of amides is 1. The average molecular weight is 359 g/mol. The van der Waals surface area contributed by atoms with E-state index in [1.165, 1.54) is 0 Å². The lowest BCUT2D eigenvalue weighted by molar-refractivity contribution is -0.118. The van der Waals surface area contributed by atoms with E-state index in [2.05, 4.69) is 19.2 Å². The van der Waals surface area contributed by atoms with Crippen molar-refractivity contribution in [2.24, 2.45) is 5.92 Å². The summed E-state index contributed by atoms with van der Waals surface area (Å²) in [7, 11) is 1.60. The number of carbonyl (C=O) groups is 1. The van der Waals surface area contributed by atoms with Crippen molar-refractivity contribution in [1.29, 1.82) is 0 Å². The zero-order valence-electron chi connectivity index (χ0n) is 16.2. The third kappa shape index (κ3) is 7.92.